The first kappa shape index (κ1) is 21.5. The van der Waals surface area contributed by atoms with Crippen LogP contribution in [0.5, 0.6) is 17.2 Å². The van der Waals surface area contributed by atoms with E-state index in [-0.39, 0.29) is 0 Å². The Morgan fingerprint density at radius 2 is 1.56 bits per heavy atom. The summed E-state index contributed by atoms with van der Waals surface area (Å²) in [4.78, 5) is 4.98. The molecule has 0 aliphatic carbocycles. The molecular formula is C27H27NO4. The molecule has 0 saturated heterocycles. The van der Waals surface area contributed by atoms with Gasteiger partial charge in [0.15, 0.2) is 11.5 Å². The summed E-state index contributed by atoms with van der Waals surface area (Å²) in [7, 11) is 3.24. The molecule has 0 N–H and O–H groups in total. The van der Waals surface area contributed by atoms with Crippen molar-refractivity contribution in [3.05, 3.63) is 77.1 Å². The Bertz CT molecular complexity index is 1320. The molecule has 0 spiro atoms. The summed E-state index contributed by atoms with van der Waals surface area (Å²) in [5.41, 5.74) is 4.84. The van der Waals surface area contributed by atoms with E-state index in [0.29, 0.717) is 23.9 Å². The van der Waals surface area contributed by atoms with Crippen LogP contribution < -0.4 is 19.6 Å². The quantitative estimate of drug-likeness (QED) is 0.358. The zero-order chi connectivity index (χ0) is 22.7. The molecule has 5 heteroatoms. The highest BCUT2D eigenvalue weighted by Gasteiger charge is 2.11. The number of fused-ring (bicyclic) bond motifs is 1. The molecule has 0 atom stereocenters. The van der Waals surface area contributed by atoms with Gasteiger partial charge >= 0.3 is 0 Å². The van der Waals surface area contributed by atoms with Gasteiger partial charge in [0.1, 0.15) is 17.1 Å². The highest BCUT2D eigenvalue weighted by atomic mass is 16.5. The lowest BCUT2D eigenvalue weighted by Crippen LogP contribution is -2.04. The Balaban J connectivity index is 1.97. The molecule has 32 heavy (non-hydrogen) atoms. The topological polar surface area (TPSA) is 53.2 Å². The first-order valence-electron chi connectivity index (χ1n) is 10.6. The van der Waals surface area contributed by atoms with Crippen LogP contribution in [0, 0.1) is 13.8 Å². The van der Waals surface area contributed by atoms with Gasteiger partial charge in [0, 0.05) is 17.0 Å². The van der Waals surface area contributed by atoms with Gasteiger partial charge in [-0.2, -0.15) is 0 Å². The van der Waals surface area contributed by atoms with Gasteiger partial charge in [0.25, 0.3) is 0 Å². The van der Waals surface area contributed by atoms with Crippen molar-refractivity contribution in [1.29, 1.82) is 0 Å². The normalized spacial score (nSPS) is 11.6. The zero-order valence-electron chi connectivity index (χ0n) is 19.1. The Kier molecular flexibility index (Phi) is 6.17. The first-order chi connectivity index (χ1) is 15.5. The van der Waals surface area contributed by atoms with E-state index in [9.17, 15) is 0 Å². The van der Waals surface area contributed by atoms with E-state index < -0.39 is 0 Å². The molecule has 1 aromatic heterocycles. The van der Waals surface area contributed by atoms with Crippen molar-refractivity contribution < 1.29 is 18.6 Å². The van der Waals surface area contributed by atoms with Crippen molar-refractivity contribution >= 4 is 16.7 Å². The molecule has 164 valence electrons. The number of benzene rings is 3. The van der Waals surface area contributed by atoms with E-state index >= 15 is 0 Å². The van der Waals surface area contributed by atoms with E-state index in [1.807, 2.05) is 49.4 Å². The monoisotopic (exact) mass is 429 g/mol. The molecule has 0 saturated carbocycles. The van der Waals surface area contributed by atoms with E-state index in [4.69, 9.17) is 23.6 Å². The molecular weight excluding hydrogens is 402 g/mol. The van der Waals surface area contributed by atoms with Crippen LogP contribution in [0.15, 0.2) is 70.1 Å². The minimum atomic E-state index is 0.593. The third kappa shape index (κ3) is 4.47. The van der Waals surface area contributed by atoms with Crippen LogP contribution in [-0.2, 0) is 0 Å². The molecule has 0 aliphatic heterocycles. The first-order valence-corrected chi connectivity index (χ1v) is 10.6. The number of aryl methyl sites for hydroxylation is 2. The fourth-order valence-electron chi connectivity index (χ4n) is 3.78. The van der Waals surface area contributed by atoms with Crippen LogP contribution in [0.3, 0.4) is 0 Å². The SMILES string of the molecule is CCOc1ccc2oc(-c3ccc(OC)c(OC)c3)cc(=Nc3cc(C)cc(C)c3)c2c1. The molecule has 0 fully saturated rings. The smallest absolute Gasteiger partial charge is 0.161 e. The van der Waals surface area contributed by atoms with Gasteiger partial charge in [0.05, 0.1) is 31.9 Å². The molecule has 4 aromatic rings. The van der Waals surface area contributed by atoms with Crippen molar-refractivity contribution in [2.45, 2.75) is 20.8 Å². The summed E-state index contributed by atoms with van der Waals surface area (Å²) < 4.78 is 22.8. The van der Waals surface area contributed by atoms with E-state index in [2.05, 4.69) is 32.0 Å². The summed E-state index contributed by atoms with van der Waals surface area (Å²) in [5, 5.41) is 1.70. The highest BCUT2D eigenvalue weighted by Crippen LogP contribution is 2.33. The molecule has 3 aromatic carbocycles. The van der Waals surface area contributed by atoms with Gasteiger partial charge in [-0.05, 0) is 80.4 Å². The molecule has 4 rings (SSSR count). The van der Waals surface area contributed by atoms with Gasteiger partial charge in [-0.3, -0.25) is 0 Å². The van der Waals surface area contributed by atoms with Crippen molar-refractivity contribution in [3.8, 4) is 28.6 Å². The summed E-state index contributed by atoms with van der Waals surface area (Å²) in [6.07, 6.45) is 0. The number of hydrogen-bond donors (Lipinski definition) is 0. The maximum Gasteiger partial charge on any atom is 0.161 e. The van der Waals surface area contributed by atoms with Gasteiger partial charge in [-0.15, -0.1) is 0 Å². The second-order valence-corrected chi connectivity index (χ2v) is 7.61. The largest absolute Gasteiger partial charge is 0.494 e. The lowest BCUT2D eigenvalue weighted by molar-refractivity contribution is 0.340. The van der Waals surface area contributed by atoms with Crippen LogP contribution in [0.25, 0.3) is 22.3 Å². The van der Waals surface area contributed by atoms with E-state index in [1.165, 1.54) is 11.1 Å². The number of hydrogen-bond acceptors (Lipinski definition) is 5. The van der Waals surface area contributed by atoms with Gasteiger partial charge in [-0.1, -0.05) is 6.07 Å². The zero-order valence-corrected chi connectivity index (χ0v) is 19.1. The molecule has 0 aliphatic rings. The second kappa shape index (κ2) is 9.18. The predicted molar refractivity (Wildman–Crippen MR) is 127 cm³/mol. The van der Waals surface area contributed by atoms with Crippen molar-refractivity contribution in [2.75, 3.05) is 20.8 Å². The summed E-state index contributed by atoms with van der Waals surface area (Å²) in [6.45, 7) is 6.71. The average molecular weight is 430 g/mol. The number of methoxy groups -OCH3 is 2. The highest BCUT2D eigenvalue weighted by molar-refractivity contribution is 5.80. The lowest BCUT2D eigenvalue weighted by Gasteiger charge is -2.11. The average Bonchev–Trinajstić information content (AvgIpc) is 2.78. The Labute approximate surface area is 187 Å². The second-order valence-electron chi connectivity index (χ2n) is 7.61. The van der Waals surface area contributed by atoms with Crippen LogP contribution in [0.1, 0.15) is 18.1 Å². The number of ether oxygens (including phenoxy) is 3. The molecule has 1 heterocycles. The molecule has 5 nitrogen and oxygen atoms in total. The maximum absolute atomic E-state index is 6.27. The predicted octanol–water partition coefficient (Wildman–Crippen LogP) is 6.36. The van der Waals surface area contributed by atoms with E-state index in [1.54, 1.807) is 14.2 Å². The van der Waals surface area contributed by atoms with Crippen LogP contribution in [-0.4, -0.2) is 20.8 Å². The van der Waals surface area contributed by atoms with E-state index in [0.717, 1.165) is 33.3 Å². The fourth-order valence-corrected chi connectivity index (χ4v) is 3.78. The lowest BCUT2D eigenvalue weighted by atomic mass is 10.1. The van der Waals surface area contributed by atoms with Crippen LogP contribution in [0.2, 0.25) is 0 Å². The summed E-state index contributed by atoms with van der Waals surface area (Å²) in [5.74, 6) is 2.77. The summed E-state index contributed by atoms with van der Waals surface area (Å²) in [6, 6.07) is 19.8. The van der Waals surface area contributed by atoms with Gasteiger partial charge in [-0.25, -0.2) is 4.99 Å². The standard InChI is InChI=1S/C27H27NO4/c1-6-31-21-8-10-24-22(15-21)23(28-20-12-17(2)11-18(3)13-20)16-26(32-24)19-7-9-25(29-4)27(14-19)30-5/h7-16H,6H2,1-5H3. The van der Waals surface area contributed by atoms with Gasteiger partial charge < -0.3 is 18.6 Å². The molecule has 0 bridgehead atoms. The van der Waals surface area contributed by atoms with Crippen molar-refractivity contribution in [1.82, 2.24) is 0 Å². The summed E-state index contributed by atoms with van der Waals surface area (Å²) >= 11 is 0. The molecule has 0 amide bonds. The third-order valence-electron chi connectivity index (χ3n) is 5.15. The fraction of sp³-hybridized carbons (Fsp3) is 0.222. The van der Waals surface area contributed by atoms with Crippen LogP contribution >= 0.6 is 0 Å². The number of rotatable bonds is 6. The molecule has 0 radical (unpaired) electrons. The minimum absolute atomic E-state index is 0.593. The van der Waals surface area contributed by atoms with Gasteiger partial charge in [0.2, 0.25) is 0 Å². The Hall–Kier alpha value is -3.73. The van der Waals surface area contributed by atoms with Crippen LogP contribution in [0.4, 0.5) is 5.69 Å². The Morgan fingerprint density at radius 3 is 2.25 bits per heavy atom. The van der Waals surface area contributed by atoms with Crippen molar-refractivity contribution in [3.63, 3.8) is 0 Å². The minimum Gasteiger partial charge on any atom is -0.494 e. The molecule has 0 unspecified atom stereocenters. The maximum atomic E-state index is 6.27. The number of nitrogens with zero attached hydrogens (tertiary/aromatic N) is 1. The third-order valence-corrected chi connectivity index (χ3v) is 5.15. The van der Waals surface area contributed by atoms with Crippen molar-refractivity contribution in [2.24, 2.45) is 4.99 Å². The Morgan fingerprint density at radius 1 is 0.812 bits per heavy atom.